The highest BCUT2D eigenvalue weighted by molar-refractivity contribution is 6.40. The van der Waals surface area contributed by atoms with Gasteiger partial charge in [0.25, 0.3) is 0 Å². The highest BCUT2D eigenvalue weighted by Gasteiger charge is 2.33. The van der Waals surface area contributed by atoms with Crippen molar-refractivity contribution in [1.82, 2.24) is 20.2 Å². The van der Waals surface area contributed by atoms with Crippen LogP contribution in [-0.4, -0.2) is 33.3 Å². The molecule has 1 aliphatic heterocycles. The van der Waals surface area contributed by atoms with Crippen LogP contribution in [0.5, 0.6) is 0 Å². The second kappa shape index (κ2) is 13.5. The zero-order valence-electron chi connectivity index (χ0n) is 22.6. The van der Waals surface area contributed by atoms with E-state index in [4.69, 9.17) is 32.7 Å². The molecule has 0 aliphatic carbocycles. The maximum atomic E-state index is 11.8. The SMILES string of the molecule is CCNC(=O)NCc1cccc(-c2ccc(C3OC(Cn4cnc(Cl)c4Cl)CC(c4ccc(CO)cc4)O3)cc2)c1. The molecule has 214 valence electrons. The first-order valence-corrected chi connectivity index (χ1v) is 14.3. The number of aliphatic hydroxyl groups is 1. The Hall–Kier alpha value is -3.40. The van der Waals surface area contributed by atoms with Gasteiger partial charge in [-0.1, -0.05) is 89.9 Å². The lowest BCUT2D eigenvalue weighted by molar-refractivity contribution is -0.252. The lowest BCUT2D eigenvalue weighted by Gasteiger charge is -2.36. The van der Waals surface area contributed by atoms with Crippen LogP contribution < -0.4 is 10.6 Å². The summed E-state index contributed by atoms with van der Waals surface area (Å²) in [5.41, 5.74) is 5.83. The van der Waals surface area contributed by atoms with Gasteiger partial charge in [0.15, 0.2) is 11.4 Å². The Balaban J connectivity index is 1.34. The molecule has 10 heteroatoms. The smallest absolute Gasteiger partial charge is 0.315 e. The maximum absolute atomic E-state index is 11.8. The van der Waals surface area contributed by atoms with Crippen LogP contribution >= 0.6 is 23.2 Å². The van der Waals surface area contributed by atoms with Crippen molar-refractivity contribution < 1.29 is 19.4 Å². The molecule has 1 fully saturated rings. The van der Waals surface area contributed by atoms with Crippen molar-refractivity contribution in [3.63, 3.8) is 0 Å². The van der Waals surface area contributed by atoms with Crippen LogP contribution in [0.2, 0.25) is 10.3 Å². The van der Waals surface area contributed by atoms with Crippen molar-refractivity contribution in [2.45, 2.75) is 51.5 Å². The Morgan fingerprint density at radius 2 is 1.73 bits per heavy atom. The van der Waals surface area contributed by atoms with Gasteiger partial charge in [0.2, 0.25) is 0 Å². The second-order valence-corrected chi connectivity index (χ2v) is 10.6. The van der Waals surface area contributed by atoms with Crippen LogP contribution in [-0.2, 0) is 29.2 Å². The van der Waals surface area contributed by atoms with Crippen molar-refractivity contribution in [3.8, 4) is 11.1 Å². The Kier molecular flexibility index (Phi) is 9.59. The highest BCUT2D eigenvalue weighted by atomic mass is 35.5. The van der Waals surface area contributed by atoms with Crippen molar-refractivity contribution in [2.75, 3.05) is 6.54 Å². The van der Waals surface area contributed by atoms with Gasteiger partial charge in [0.1, 0.15) is 5.15 Å². The Bertz CT molecular complexity index is 1460. The number of amides is 2. The Morgan fingerprint density at radius 3 is 2.41 bits per heavy atom. The van der Waals surface area contributed by atoms with Crippen LogP contribution in [0.3, 0.4) is 0 Å². The average Bonchev–Trinajstić information content (AvgIpc) is 3.32. The van der Waals surface area contributed by atoms with E-state index >= 15 is 0 Å². The van der Waals surface area contributed by atoms with Gasteiger partial charge in [-0.05, 0) is 40.8 Å². The van der Waals surface area contributed by atoms with Crippen LogP contribution in [0.15, 0.2) is 79.1 Å². The highest BCUT2D eigenvalue weighted by Crippen LogP contribution is 2.39. The third kappa shape index (κ3) is 7.28. The van der Waals surface area contributed by atoms with Crippen molar-refractivity contribution in [2.24, 2.45) is 0 Å². The first kappa shape index (κ1) is 29.1. The van der Waals surface area contributed by atoms with E-state index in [9.17, 15) is 9.90 Å². The molecule has 0 bridgehead atoms. The number of ether oxygens (including phenoxy) is 2. The second-order valence-electron chi connectivity index (χ2n) is 9.86. The molecule has 1 aromatic heterocycles. The fourth-order valence-electron chi connectivity index (χ4n) is 4.82. The van der Waals surface area contributed by atoms with E-state index < -0.39 is 6.29 Å². The number of aliphatic hydroxyl groups excluding tert-OH is 1. The number of urea groups is 1. The van der Waals surface area contributed by atoms with Crippen LogP contribution in [0.4, 0.5) is 4.79 Å². The third-order valence-electron chi connectivity index (χ3n) is 6.98. The zero-order valence-corrected chi connectivity index (χ0v) is 24.1. The number of imidazole rings is 1. The molecule has 0 radical (unpaired) electrons. The number of carbonyl (C=O) groups excluding carboxylic acids is 1. The lowest BCUT2D eigenvalue weighted by Crippen LogP contribution is -2.34. The first-order valence-electron chi connectivity index (χ1n) is 13.5. The van der Waals surface area contributed by atoms with Crippen molar-refractivity contribution in [1.29, 1.82) is 0 Å². The van der Waals surface area contributed by atoms with Gasteiger partial charge in [0, 0.05) is 25.1 Å². The molecule has 1 aliphatic rings. The number of aromatic nitrogens is 2. The summed E-state index contributed by atoms with van der Waals surface area (Å²) >= 11 is 12.4. The minimum Gasteiger partial charge on any atom is -0.392 e. The molecule has 41 heavy (non-hydrogen) atoms. The minimum absolute atomic E-state index is 0.0139. The van der Waals surface area contributed by atoms with Gasteiger partial charge >= 0.3 is 6.03 Å². The number of rotatable bonds is 9. The predicted octanol–water partition coefficient (Wildman–Crippen LogP) is 6.41. The van der Waals surface area contributed by atoms with E-state index in [0.717, 1.165) is 33.4 Å². The molecule has 3 aromatic carbocycles. The largest absolute Gasteiger partial charge is 0.392 e. The Labute approximate surface area is 249 Å². The molecule has 5 rings (SSSR count). The molecule has 3 N–H and O–H groups in total. The number of carbonyl (C=O) groups is 1. The standard InChI is InChI=1S/C31H32Cl2N4O4/c1-2-34-31(39)35-16-21-4-3-5-25(14-21)22-10-12-24(13-11-22)30-40-26(17-37-19-36-28(32)29(37)33)15-27(41-30)23-8-6-20(18-38)7-9-23/h3-14,19,26-27,30,38H,2,15-18H2,1H3,(H2,34,35,39). The fourth-order valence-corrected chi connectivity index (χ4v) is 5.14. The molecule has 3 atom stereocenters. The van der Waals surface area contributed by atoms with Gasteiger partial charge in [-0.3, -0.25) is 0 Å². The summed E-state index contributed by atoms with van der Waals surface area (Å²) < 4.78 is 14.7. The van der Waals surface area contributed by atoms with Crippen LogP contribution in [0, 0.1) is 0 Å². The maximum Gasteiger partial charge on any atom is 0.315 e. The number of nitrogens with zero attached hydrogens (tertiary/aromatic N) is 2. The van der Waals surface area contributed by atoms with Gasteiger partial charge in [0.05, 0.1) is 31.7 Å². The molecule has 2 heterocycles. The van der Waals surface area contributed by atoms with Crippen LogP contribution in [0.25, 0.3) is 11.1 Å². The topological polar surface area (TPSA) is 97.6 Å². The summed E-state index contributed by atoms with van der Waals surface area (Å²) in [5, 5.41) is 15.7. The normalized spacial score (nSPS) is 18.7. The van der Waals surface area contributed by atoms with Gasteiger partial charge < -0.3 is 29.8 Å². The van der Waals surface area contributed by atoms with E-state index in [2.05, 4.69) is 21.7 Å². The number of hydrogen-bond donors (Lipinski definition) is 3. The monoisotopic (exact) mass is 594 g/mol. The van der Waals surface area contributed by atoms with E-state index in [0.29, 0.717) is 31.2 Å². The Morgan fingerprint density at radius 1 is 0.976 bits per heavy atom. The molecule has 8 nitrogen and oxygen atoms in total. The molecule has 1 saturated heterocycles. The predicted molar refractivity (Wildman–Crippen MR) is 158 cm³/mol. The van der Waals surface area contributed by atoms with Gasteiger partial charge in [-0.15, -0.1) is 0 Å². The van der Waals surface area contributed by atoms with E-state index in [1.54, 1.807) is 10.9 Å². The first-order chi connectivity index (χ1) is 19.9. The number of halogens is 2. The molecule has 2 amide bonds. The molecular formula is C31H32Cl2N4O4. The molecular weight excluding hydrogens is 563 g/mol. The van der Waals surface area contributed by atoms with Gasteiger partial charge in [-0.25, -0.2) is 9.78 Å². The third-order valence-corrected chi connectivity index (χ3v) is 7.75. The summed E-state index contributed by atoms with van der Waals surface area (Å²) in [6.07, 6.45) is 1.18. The molecule has 3 unspecified atom stereocenters. The average molecular weight is 596 g/mol. The quantitative estimate of drug-likeness (QED) is 0.208. The van der Waals surface area contributed by atoms with Crippen molar-refractivity contribution >= 4 is 29.2 Å². The van der Waals surface area contributed by atoms with E-state index in [1.165, 1.54) is 0 Å². The summed E-state index contributed by atoms with van der Waals surface area (Å²) in [6.45, 7) is 3.36. The van der Waals surface area contributed by atoms with E-state index in [-0.39, 0.29) is 30.0 Å². The summed E-state index contributed by atoms with van der Waals surface area (Å²) in [5.74, 6) is 0. The lowest BCUT2D eigenvalue weighted by atomic mass is 9.99. The fraction of sp³-hybridized carbons (Fsp3) is 0.290. The molecule has 4 aromatic rings. The van der Waals surface area contributed by atoms with Crippen molar-refractivity contribution in [3.05, 3.63) is 112 Å². The minimum atomic E-state index is -0.601. The van der Waals surface area contributed by atoms with E-state index in [1.807, 2.05) is 73.7 Å². The molecule has 0 spiro atoms. The van der Waals surface area contributed by atoms with Gasteiger partial charge in [-0.2, -0.15) is 0 Å². The number of hydrogen-bond acceptors (Lipinski definition) is 5. The molecule has 0 saturated carbocycles. The summed E-state index contributed by atoms with van der Waals surface area (Å²) in [7, 11) is 0. The summed E-state index contributed by atoms with van der Waals surface area (Å²) in [4.78, 5) is 15.9. The van der Waals surface area contributed by atoms with Crippen LogP contribution in [0.1, 0.15) is 48.0 Å². The number of benzene rings is 3. The zero-order chi connectivity index (χ0) is 28.8. The number of nitrogens with one attached hydrogen (secondary N) is 2. The summed E-state index contributed by atoms with van der Waals surface area (Å²) in [6, 6.07) is 23.8.